The number of alkyl halides is 1. The molecule has 4 aromatic rings. The molecule has 0 saturated carbocycles. The maximum Gasteiger partial charge on any atom is 0.193 e. The number of hydrogen-bond donors (Lipinski definition) is 1. The van der Waals surface area contributed by atoms with Gasteiger partial charge in [-0.3, -0.25) is 0 Å². The Bertz CT molecular complexity index is 1480. The molecular weight excluding hydrogens is 568 g/mol. The normalized spacial score (nSPS) is 23.5. The second kappa shape index (κ2) is 9.11. The number of benzene rings is 4. The van der Waals surface area contributed by atoms with E-state index in [1.165, 1.54) is 26.9 Å². The average Bonchev–Trinajstić information content (AvgIpc) is 2.81. The molecule has 1 aliphatic rings. The van der Waals surface area contributed by atoms with Crippen molar-refractivity contribution in [3.8, 4) is 0 Å². The summed E-state index contributed by atoms with van der Waals surface area (Å²) in [5.41, 5.74) is 2.06. The molecule has 0 saturated heterocycles. The van der Waals surface area contributed by atoms with Gasteiger partial charge in [-0.05, 0) is 85.8 Å². The SMILES string of the molecule is CC(C)(C)[Si](C)(C)OC1c2cc3ccc4cccc5ccc(c2C(O)C(Br)C1O[Si](C)(C)C(C)(C)C)c3c45. The molecule has 0 spiro atoms. The van der Waals surface area contributed by atoms with Gasteiger partial charge in [-0.25, -0.2) is 0 Å². The molecule has 0 bridgehead atoms. The highest BCUT2D eigenvalue weighted by Gasteiger charge is 2.51. The van der Waals surface area contributed by atoms with Gasteiger partial charge in [-0.15, -0.1) is 0 Å². The van der Waals surface area contributed by atoms with Crippen LogP contribution in [-0.2, 0) is 8.85 Å². The zero-order chi connectivity index (χ0) is 28.0. The summed E-state index contributed by atoms with van der Waals surface area (Å²) in [5.74, 6) is 0. The number of fused-ring (bicyclic) bond motifs is 2. The molecule has 5 rings (SSSR count). The van der Waals surface area contributed by atoms with E-state index in [0.717, 1.165) is 16.5 Å². The van der Waals surface area contributed by atoms with Gasteiger partial charge >= 0.3 is 0 Å². The third-order valence-electron chi connectivity index (χ3n) is 9.70. The highest BCUT2D eigenvalue weighted by atomic mass is 79.9. The Kier molecular flexibility index (Phi) is 6.78. The molecule has 0 aromatic heterocycles. The molecule has 1 aliphatic carbocycles. The third-order valence-corrected chi connectivity index (χ3v) is 19.7. The summed E-state index contributed by atoms with van der Waals surface area (Å²) in [6.07, 6.45) is -1.26. The van der Waals surface area contributed by atoms with Crippen LogP contribution in [0.4, 0.5) is 0 Å². The van der Waals surface area contributed by atoms with E-state index in [4.69, 9.17) is 8.85 Å². The van der Waals surface area contributed by atoms with Crippen LogP contribution < -0.4 is 0 Å². The number of aliphatic hydroxyl groups excluding tert-OH is 1. The van der Waals surface area contributed by atoms with E-state index in [1.54, 1.807) is 0 Å². The second-order valence-electron chi connectivity index (χ2n) is 14.3. The van der Waals surface area contributed by atoms with Crippen LogP contribution >= 0.6 is 15.9 Å². The smallest absolute Gasteiger partial charge is 0.193 e. The van der Waals surface area contributed by atoms with Gasteiger partial charge in [0.15, 0.2) is 16.6 Å². The van der Waals surface area contributed by atoms with Gasteiger partial charge in [0.2, 0.25) is 0 Å². The van der Waals surface area contributed by atoms with Gasteiger partial charge in [-0.1, -0.05) is 99.9 Å². The summed E-state index contributed by atoms with van der Waals surface area (Å²) in [6.45, 7) is 22.9. The highest BCUT2D eigenvalue weighted by Crippen LogP contribution is 2.53. The van der Waals surface area contributed by atoms with E-state index < -0.39 is 22.7 Å². The number of aliphatic hydroxyl groups is 1. The number of halogens is 1. The van der Waals surface area contributed by atoms with Crippen molar-refractivity contribution in [1.82, 2.24) is 0 Å². The maximum absolute atomic E-state index is 12.0. The Morgan fingerprint density at radius 1 is 0.737 bits per heavy atom. The number of rotatable bonds is 4. The van der Waals surface area contributed by atoms with Crippen molar-refractivity contribution < 1.29 is 14.0 Å². The quantitative estimate of drug-likeness (QED) is 0.142. The summed E-state index contributed by atoms with van der Waals surface area (Å²) in [4.78, 5) is -0.280. The first kappa shape index (κ1) is 28.2. The molecule has 204 valence electrons. The molecule has 3 nitrogen and oxygen atoms in total. The van der Waals surface area contributed by atoms with Crippen LogP contribution in [0, 0.1) is 0 Å². The van der Waals surface area contributed by atoms with Crippen LogP contribution in [0.15, 0.2) is 48.5 Å². The van der Waals surface area contributed by atoms with Crippen molar-refractivity contribution in [3.05, 3.63) is 59.7 Å². The molecule has 4 aromatic carbocycles. The predicted molar refractivity (Wildman–Crippen MR) is 171 cm³/mol. The summed E-state index contributed by atoms with van der Waals surface area (Å²) in [7, 11) is -4.36. The van der Waals surface area contributed by atoms with Gasteiger partial charge in [0.05, 0.1) is 23.1 Å². The van der Waals surface area contributed by atoms with Crippen LogP contribution in [0.3, 0.4) is 0 Å². The van der Waals surface area contributed by atoms with Crippen molar-refractivity contribution in [2.45, 2.75) is 101 Å². The molecule has 0 heterocycles. The van der Waals surface area contributed by atoms with E-state index in [1.807, 2.05) is 0 Å². The van der Waals surface area contributed by atoms with Gasteiger partial charge in [-0.2, -0.15) is 0 Å². The lowest BCUT2D eigenvalue weighted by Gasteiger charge is -2.49. The van der Waals surface area contributed by atoms with Crippen LogP contribution in [0.1, 0.15) is 64.9 Å². The molecule has 0 aliphatic heterocycles. The van der Waals surface area contributed by atoms with Gasteiger partial charge in [0.1, 0.15) is 0 Å². The van der Waals surface area contributed by atoms with Crippen molar-refractivity contribution in [2.75, 3.05) is 0 Å². The van der Waals surface area contributed by atoms with Gasteiger partial charge < -0.3 is 14.0 Å². The molecule has 0 radical (unpaired) electrons. The average molecular weight is 612 g/mol. The molecule has 6 heteroatoms. The first-order chi connectivity index (χ1) is 17.4. The fourth-order valence-electron chi connectivity index (χ4n) is 5.37. The van der Waals surface area contributed by atoms with E-state index in [0.29, 0.717) is 0 Å². The zero-order valence-corrected chi connectivity index (χ0v) is 28.2. The summed E-state index contributed by atoms with van der Waals surface area (Å²) in [5, 5.41) is 19.3. The predicted octanol–water partition coefficient (Wildman–Crippen LogP) is 9.85. The molecule has 38 heavy (non-hydrogen) atoms. The minimum absolute atomic E-state index is 0.0416. The van der Waals surface area contributed by atoms with Crippen molar-refractivity contribution >= 4 is 64.9 Å². The van der Waals surface area contributed by atoms with E-state index >= 15 is 0 Å². The Labute approximate surface area is 238 Å². The molecule has 4 atom stereocenters. The first-order valence-electron chi connectivity index (χ1n) is 13.8. The minimum Gasteiger partial charge on any atom is -0.410 e. The Balaban J connectivity index is 1.79. The van der Waals surface area contributed by atoms with Crippen molar-refractivity contribution in [3.63, 3.8) is 0 Å². The summed E-state index contributed by atoms with van der Waals surface area (Å²) >= 11 is 3.96. The Morgan fingerprint density at radius 2 is 1.26 bits per heavy atom. The Morgan fingerprint density at radius 3 is 1.84 bits per heavy atom. The molecular formula is C32H43BrO3Si2. The lowest BCUT2D eigenvalue weighted by atomic mass is 9.80. The first-order valence-corrected chi connectivity index (χ1v) is 20.6. The van der Waals surface area contributed by atoms with Crippen LogP contribution in [0.25, 0.3) is 32.3 Å². The lowest BCUT2D eigenvalue weighted by molar-refractivity contribution is -0.00673. The standard InChI is InChI=1S/C32H43BrO3Si2/c1-31(2,3)37(7,8)35-29-23-18-21-15-14-19-12-11-13-20-16-17-22(25(21)24(19)20)26(23)28(34)27(33)30(29)36-38(9,10)32(4,5)6/h11-18,27-30,34H,1-10H3. The van der Waals surface area contributed by atoms with E-state index in [2.05, 4.69) is 132 Å². The molecule has 1 N–H and O–H groups in total. The van der Waals surface area contributed by atoms with E-state index in [9.17, 15) is 5.11 Å². The van der Waals surface area contributed by atoms with E-state index in [-0.39, 0.29) is 27.1 Å². The monoisotopic (exact) mass is 610 g/mol. The molecule has 0 amide bonds. The third kappa shape index (κ3) is 4.40. The largest absolute Gasteiger partial charge is 0.410 e. The van der Waals surface area contributed by atoms with Crippen molar-refractivity contribution in [2.24, 2.45) is 0 Å². The van der Waals surface area contributed by atoms with Crippen LogP contribution in [0.2, 0.25) is 36.3 Å². The van der Waals surface area contributed by atoms with Crippen LogP contribution in [0.5, 0.6) is 0 Å². The zero-order valence-electron chi connectivity index (χ0n) is 24.6. The molecule has 0 fully saturated rings. The van der Waals surface area contributed by atoms with Gasteiger partial charge in [0.25, 0.3) is 0 Å². The Hall–Kier alpha value is -1.29. The highest BCUT2D eigenvalue weighted by molar-refractivity contribution is 9.09. The van der Waals surface area contributed by atoms with Gasteiger partial charge in [0, 0.05) is 0 Å². The summed E-state index contributed by atoms with van der Waals surface area (Å²) in [6, 6.07) is 17.6. The topological polar surface area (TPSA) is 38.7 Å². The van der Waals surface area contributed by atoms with Crippen molar-refractivity contribution in [1.29, 1.82) is 0 Å². The maximum atomic E-state index is 12.0. The second-order valence-corrected chi connectivity index (χ2v) is 24.8. The minimum atomic E-state index is -2.19. The lowest BCUT2D eigenvalue weighted by Crippen LogP contribution is -2.53. The molecule has 4 unspecified atom stereocenters. The fourth-order valence-corrected chi connectivity index (χ4v) is 8.77. The fraction of sp³-hybridized carbons (Fsp3) is 0.500. The number of hydrogen-bond acceptors (Lipinski definition) is 3. The van der Waals surface area contributed by atoms with Crippen LogP contribution in [-0.4, -0.2) is 32.7 Å². The summed E-state index contributed by atoms with van der Waals surface area (Å²) < 4.78 is 14.4.